The van der Waals surface area contributed by atoms with Crippen LogP contribution in [0.25, 0.3) is 10.9 Å². The number of rotatable bonds is 7. The van der Waals surface area contributed by atoms with E-state index in [-0.39, 0.29) is 55.0 Å². The third kappa shape index (κ3) is 6.69. The van der Waals surface area contributed by atoms with Gasteiger partial charge in [0.1, 0.15) is 6.04 Å². The Labute approximate surface area is 281 Å². The van der Waals surface area contributed by atoms with Crippen LogP contribution in [0.1, 0.15) is 62.1 Å². The Morgan fingerprint density at radius 3 is 2.48 bits per heavy atom. The number of anilines is 2. The summed E-state index contributed by atoms with van der Waals surface area (Å²) in [6.45, 7) is 4.71. The minimum atomic E-state index is -1.03. The molecule has 3 heterocycles. The summed E-state index contributed by atoms with van der Waals surface area (Å²) in [5.41, 5.74) is 4.36. The number of likely N-dealkylation sites (N-methyl/N-ethyl adjacent to an activating group) is 1. The van der Waals surface area contributed by atoms with Crippen LogP contribution in [0.4, 0.5) is 11.4 Å². The first kappa shape index (κ1) is 35.1. The lowest BCUT2D eigenvalue weighted by Crippen LogP contribution is -2.60. The SMILES string of the molecule is CNC(C)C(=O)N[C@@H]1C(=O)N(Cc2c(C3CC3)cnc3ccccc23)c2ccc(C#N)cc2N(C(=O)C2CCOCC2)[C@H]1C.Cl.Cl. The topological polar surface area (TPSA) is 128 Å². The summed E-state index contributed by atoms with van der Waals surface area (Å²) >= 11 is 0. The number of benzene rings is 2. The number of carbonyl (C=O) groups excluding carboxylic acids is 3. The lowest BCUT2D eigenvalue weighted by molar-refractivity contribution is -0.130. The minimum Gasteiger partial charge on any atom is -0.381 e. The second-order valence-corrected chi connectivity index (χ2v) is 12.1. The Morgan fingerprint density at radius 1 is 1.09 bits per heavy atom. The highest BCUT2D eigenvalue weighted by molar-refractivity contribution is 6.09. The minimum absolute atomic E-state index is 0. The van der Waals surface area contributed by atoms with E-state index < -0.39 is 18.1 Å². The van der Waals surface area contributed by atoms with Crippen LogP contribution in [0.2, 0.25) is 0 Å². The lowest BCUT2D eigenvalue weighted by Gasteiger charge is -2.35. The number of hydrogen-bond acceptors (Lipinski definition) is 7. The first-order valence-electron chi connectivity index (χ1n) is 15.4. The molecule has 46 heavy (non-hydrogen) atoms. The maximum atomic E-state index is 14.8. The smallest absolute Gasteiger partial charge is 0.252 e. The summed E-state index contributed by atoms with van der Waals surface area (Å²) in [5, 5.41) is 16.7. The maximum absolute atomic E-state index is 14.8. The fourth-order valence-corrected chi connectivity index (χ4v) is 6.39. The van der Waals surface area contributed by atoms with Crippen molar-refractivity contribution in [2.24, 2.45) is 5.92 Å². The van der Waals surface area contributed by atoms with E-state index in [1.54, 1.807) is 48.9 Å². The Bertz CT molecular complexity index is 1650. The van der Waals surface area contributed by atoms with Gasteiger partial charge in [-0.15, -0.1) is 24.8 Å². The lowest BCUT2D eigenvalue weighted by atomic mass is 9.96. The Hall–Kier alpha value is -3.75. The van der Waals surface area contributed by atoms with Gasteiger partial charge in [-0.3, -0.25) is 19.4 Å². The van der Waals surface area contributed by atoms with Crippen molar-refractivity contribution in [3.05, 3.63) is 65.4 Å². The van der Waals surface area contributed by atoms with Crippen LogP contribution in [-0.4, -0.2) is 61.1 Å². The zero-order chi connectivity index (χ0) is 31.0. The van der Waals surface area contributed by atoms with E-state index in [9.17, 15) is 19.6 Å². The molecule has 3 aliphatic rings. The first-order chi connectivity index (χ1) is 21.3. The van der Waals surface area contributed by atoms with E-state index in [2.05, 4.69) is 16.7 Å². The summed E-state index contributed by atoms with van der Waals surface area (Å²) in [6.07, 6.45) is 5.18. The molecule has 1 aromatic heterocycles. The van der Waals surface area contributed by atoms with Gasteiger partial charge in [0.25, 0.3) is 5.91 Å². The average molecular weight is 668 g/mol. The number of halogens is 2. The molecule has 0 spiro atoms. The standard InChI is InChI=1S/C34H38N6O4.2ClH/c1-20(36-3)32(41)38-31-21(2)40(33(42)24-12-14-44-15-13-24)30-16-22(17-35)8-11-29(30)39(34(31)43)19-27-25-6-4-5-7-28(25)37-18-26(27)23-9-10-23;;/h4-8,11,16,18,20-21,23-24,31,36H,9-10,12-15,19H2,1-3H3,(H,38,41);2*1H/t20?,21-,31-;;/m0../s1. The van der Waals surface area contributed by atoms with E-state index in [1.165, 1.54) is 0 Å². The number of nitrogens with one attached hydrogen (secondary N) is 2. The molecule has 0 bridgehead atoms. The molecule has 244 valence electrons. The molecular weight excluding hydrogens is 627 g/mol. The van der Waals surface area contributed by atoms with Gasteiger partial charge in [-0.2, -0.15) is 5.26 Å². The van der Waals surface area contributed by atoms with E-state index in [4.69, 9.17) is 9.72 Å². The fourth-order valence-electron chi connectivity index (χ4n) is 6.39. The van der Waals surface area contributed by atoms with Crippen LogP contribution in [0.15, 0.2) is 48.7 Å². The van der Waals surface area contributed by atoms with Crippen molar-refractivity contribution >= 4 is 64.8 Å². The van der Waals surface area contributed by atoms with Crippen molar-refractivity contribution in [1.29, 1.82) is 5.26 Å². The molecular formula is C34H40Cl2N6O4. The highest BCUT2D eigenvalue weighted by Crippen LogP contribution is 2.45. The van der Waals surface area contributed by atoms with Crippen LogP contribution >= 0.6 is 24.8 Å². The predicted octanol–water partition coefficient (Wildman–Crippen LogP) is 4.62. The molecule has 3 aromatic rings. The number of hydrogen-bond donors (Lipinski definition) is 2. The Balaban J connectivity index is 0.00000240. The van der Waals surface area contributed by atoms with Crippen LogP contribution in [0, 0.1) is 17.2 Å². The van der Waals surface area contributed by atoms with Gasteiger partial charge in [0, 0.05) is 30.7 Å². The van der Waals surface area contributed by atoms with E-state index in [0.29, 0.717) is 48.9 Å². The number of pyridine rings is 1. The first-order valence-corrected chi connectivity index (χ1v) is 15.4. The monoisotopic (exact) mass is 666 g/mol. The van der Waals surface area contributed by atoms with Crippen LogP contribution in [-0.2, 0) is 25.7 Å². The zero-order valence-corrected chi connectivity index (χ0v) is 27.8. The van der Waals surface area contributed by atoms with Crippen LogP contribution in [0.3, 0.4) is 0 Å². The number of carbonyl (C=O) groups is 3. The number of ether oxygens (including phenoxy) is 1. The van der Waals surface area contributed by atoms with E-state index in [0.717, 1.165) is 34.9 Å². The summed E-state index contributed by atoms with van der Waals surface area (Å²) in [6, 6.07) is 12.9. The zero-order valence-electron chi connectivity index (χ0n) is 26.2. The number of amides is 3. The summed E-state index contributed by atoms with van der Waals surface area (Å²) < 4.78 is 5.53. The molecule has 12 heteroatoms. The number of para-hydroxylation sites is 1. The number of nitriles is 1. The third-order valence-corrected chi connectivity index (χ3v) is 9.26. The Morgan fingerprint density at radius 2 is 1.80 bits per heavy atom. The van der Waals surface area contributed by atoms with Gasteiger partial charge in [-0.05, 0) is 87.9 Å². The number of nitrogens with zero attached hydrogens (tertiary/aromatic N) is 4. The van der Waals surface area contributed by atoms with Crippen molar-refractivity contribution in [2.45, 2.75) is 70.1 Å². The molecule has 2 aliphatic heterocycles. The van der Waals surface area contributed by atoms with Gasteiger partial charge in [0.05, 0.1) is 47.2 Å². The number of fused-ring (bicyclic) bond motifs is 2. The van der Waals surface area contributed by atoms with Crippen molar-refractivity contribution in [3.8, 4) is 6.07 Å². The van der Waals surface area contributed by atoms with Crippen LogP contribution < -0.4 is 20.4 Å². The van der Waals surface area contributed by atoms with Crippen molar-refractivity contribution in [3.63, 3.8) is 0 Å². The van der Waals surface area contributed by atoms with Gasteiger partial charge in [-0.1, -0.05) is 18.2 Å². The van der Waals surface area contributed by atoms with E-state index in [1.807, 2.05) is 30.5 Å². The normalized spacial score (nSPS) is 20.4. The fraction of sp³-hybridized carbons (Fsp3) is 0.441. The molecule has 3 atom stereocenters. The molecule has 10 nitrogen and oxygen atoms in total. The quantitative estimate of drug-likeness (QED) is 0.377. The predicted molar refractivity (Wildman–Crippen MR) is 182 cm³/mol. The highest BCUT2D eigenvalue weighted by Gasteiger charge is 2.44. The van der Waals surface area contributed by atoms with Crippen molar-refractivity contribution < 1.29 is 19.1 Å². The van der Waals surface area contributed by atoms with Crippen molar-refractivity contribution in [1.82, 2.24) is 15.6 Å². The third-order valence-electron chi connectivity index (χ3n) is 9.26. The molecule has 1 saturated carbocycles. The molecule has 2 aromatic carbocycles. The summed E-state index contributed by atoms with van der Waals surface area (Å²) in [5.74, 6) is -0.717. The van der Waals surface area contributed by atoms with Crippen LogP contribution in [0.5, 0.6) is 0 Å². The summed E-state index contributed by atoms with van der Waals surface area (Å²) in [7, 11) is 1.68. The molecule has 1 aliphatic carbocycles. The van der Waals surface area contributed by atoms with Gasteiger partial charge in [0.2, 0.25) is 11.8 Å². The molecule has 1 unspecified atom stereocenters. The summed E-state index contributed by atoms with van der Waals surface area (Å²) in [4.78, 5) is 50.4. The van der Waals surface area contributed by atoms with Gasteiger partial charge in [-0.25, -0.2) is 0 Å². The molecule has 3 amide bonds. The van der Waals surface area contributed by atoms with Gasteiger partial charge in [0.15, 0.2) is 0 Å². The molecule has 1 saturated heterocycles. The second-order valence-electron chi connectivity index (χ2n) is 12.1. The highest BCUT2D eigenvalue weighted by atomic mass is 35.5. The molecule has 6 rings (SSSR count). The van der Waals surface area contributed by atoms with Crippen molar-refractivity contribution in [2.75, 3.05) is 30.1 Å². The Kier molecular flexibility index (Phi) is 11.3. The second kappa shape index (κ2) is 14.8. The van der Waals surface area contributed by atoms with E-state index >= 15 is 0 Å². The molecule has 0 radical (unpaired) electrons. The van der Waals surface area contributed by atoms with Gasteiger partial charge >= 0.3 is 0 Å². The largest absolute Gasteiger partial charge is 0.381 e. The average Bonchev–Trinajstić information content (AvgIpc) is 3.91. The maximum Gasteiger partial charge on any atom is 0.252 e. The molecule has 2 N–H and O–H groups in total. The molecule has 2 fully saturated rings. The van der Waals surface area contributed by atoms with Gasteiger partial charge < -0.3 is 25.2 Å². The number of aromatic nitrogens is 1.